The van der Waals surface area contributed by atoms with Gasteiger partial charge >= 0.3 is 0 Å². The second-order valence-corrected chi connectivity index (χ2v) is 20.8. The molecule has 1 aliphatic carbocycles. The summed E-state index contributed by atoms with van der Waals surface area (Å²) in [6, 6.07) is 20.0. The number of piperidine rings is 1. The molecule has 0 bridgehead atoms. The molecule has 2 saturated heterocycles. The summed E-state index contributed by atoms with van der Waals surface area (Å²) in [4.78, 5) is 49.2. The molecule has 10 rings (SSSR count). The average Bonchev–Trinajstić information content (AvgIpc) is 3.75. The summed E-state index contributed by atoms with van der Waals surface area (Å²) in [6.07, 6.45) is 13.6. The van der Waals surface area contributed by atoms with Crippen LogP contribution in [0.15, 0.2) is 79.4 Å². The van der Waals surface area contributed by atoms with Crippen molar-refractivity contribution < 1.29 is 19.1 Å². The molecule has 0 unspecified atom stereocenters. The number of aromatic nitrogens is 6. The quantitative estimate of drug-likeness (QED) is 0.132. The fraction of sp³-hybridized carbons (Fsp3) is 0.444. The van der Waals surface area contributed by atoms with Crippen LogP contribution in [0.5, 0.6) is 5.75 Å². The lowest BCUT2D eigenvalue weighted by atomic mass is 9.49. The third-order valence-corrected chi connectivity index (χ3v) is 15.6. The fourth-order valence-electron chi connectivity index (χ4n) is 11.6. The zero-order valence-corrected chi connectivity index (χ0v) is 40.8. The third-order valence-electron chi connectivity index (χ3n) is 15.2. The Morgan fingerprint density at radius 3 is 2.38 bits per heavy atom. The summed E-state index contributed by atoms with van der Waals surface area (Å²) in [7, 11) is 0. The molecular formula is C54H59ClN10O4. The highest BCUT2D eigenvalue weighted by atomic mass is 35.5. The van der Waals surface area contributed by atoms with Crippen molar-refractivity contribution in [1.29, 1.82) is 5.26 Å². The number of nitriles is 1. The highest BCUT2D eigenvalue weighted by molar-refractivity contribution is 6.31. The van der Waals surface area contributed by atoms with E-state index in [1.165, 1.54) is 5.69 Å². The first-order valence-electron chi connectivity index (χ1n) is 24.3. The molecule has 0 spiro atoms. The number of carbonyl (C=O) groups is 2. The van der Waals surface area contributed by atoms with Gasteiger partial charge in [-0.25, -0.2) is 9.97 Å². The number of nitrogens with zero attached hydrogens (tertiary/aromatic N) is 9. The number of halogens is 1. The van der Waals surface area contributed by atoms with Gasteiger partial charge in [-0.3, -0.25) is 24.2 Å². The van der Waals surface area contributed by atoms with Gasteiger partial charge in [-0.2, -0.15) is 10.4 Å². The Balaban J connectivity index is 0.725. The molecule has 0 radical (unpaired) electrons. The predicted octanol–water partition coefficient (Wildman–Crippen LogP) is 9.19. The number of aryl methyl sites for hydroxylation is 1. The van der Waals surface area contributed by atoms with Crippen molar-refractivity contribution in [2.24, 2.45) is 16.7 Å². The minimum atomic E-state index is -0.381. The molecule has 3 fully saturated rings. The fourth-order valence-corrected chi connectivity index (χ4v) is 11.8. The molecule has 2 aromatic carbocycles. The van der Waals surface area contributed by atoms with Crippen molar-refractivity contribution >= 4 is 40.1 Å². The normalized spacial score (nSPS) is 20.2. The maximum Gasteiger partial charge on any atom is 0.254 e. The summed E-state index contributed by atoms with van der Waals surface area (Å²) in [5, 5.41) is 20.2. The van der Waals surface area contributed by atoms with E-state index in [0.717, 1.165) is 116 Å². The van der Waals surface area contributed by atoms with E-state index in [1.807, 2.05) is 17.3 Å². The van der Waals surface area contributed by atoms with Crippen LogP contribution in [0.3, 0.4) is 0 Å². The van der Waals surface area contributed by atoms with Crippen LogP contribution in [0.25, 0.3) is 33.3 Å². The van der Waals surface area contributed by atoms with E-state index in [2.05, 4.69) is 95.0 Å². The Morgan fingerprint density at radius 2 is 1.68 bits per heavy atom. The molecule has 1 N–H and O–H groups in total. The smallest absolute Gasteiger partial charge is 0.254 e. The predicted molar refractivity (Wildman–Crippen MR) is 265 cm³/mol. The monoisotopic (exact) mass is 946 g/mol. The highest BCUT2D eigenvalue weighted by Gasteiger charge is 2.64. The van der Waals surface area contributed by atoms with E-state index in [-0.39, 0.29) is 34.8 Å². The lowest BCUT2D eigenvalue weighted by molar-refractivity contribution is -0.164. The molecule has 4 aromatic heterocycles. The Kier molecular flexibility index (Phi) is 12.6. The van der Waals surface area contributed by atoms with Gasteiger partial charge in [0.05, 0.1) is 33.6 Å². The summed E-state index contributed by atoms with van der Waals surface area (Å²) in [6.45, 7) is 14.4. The maximum absolute atomic E-state index is 13.5. The molecule has 0 atom stereocenters. The first-order valence-corrected chi connectivity index (χ1v) is 24.7. The van der Waals surface area contributed by atoms with E-state index in [1.54, 1.807) is 37.5 Å². The third kappa shape index (κ3) is 9.03. The minimum absolute atomic E-state index is 0.0882. The summed E-state index contributed by atoms with van der Waals surface area (Å²) >= 11 is 6.27. The van der Waals surface area contributed by atoms with Gasteiger partial charge in [0.15, 0.2) is 0 Å². The van der Waals surface area contributed by atoms with Crippen molar-refractivity contribution in [2.45, 2.75) is 104 Å². The van der Waals surface area contributed by atoms with E-state index < -0.39 is 0 Å². The number of carbonyl (C=O) groups excluding carboxylic acids is 2. The van der Waals surface area contributed by atoms with Gasteiger partial charge in [0.1, 0.15) is 17.9 Å². The molecule has 6 aromatic rings. The standard InChI is InChI=1S/C54H59ClN10O4/c1-33(66)64-22-17-47-44(32-64)48(62-65(47)40-18-23-68-24-19-40)42-8-6-7-35-25-46(58-31-43(35)42)37-10-13-39(57-28-37)12-9-34-15-20-63(21-16-34)52-59-29-38(30-60-52)49(67)61-50-53(2,3)51(54(50,4)5)69-41-14-11-36(27-56)45(55)26-41/h6-8,10-11,13-14,25-26,28-31,34,40,50-51H,9,12,15-24,32H2,1-5H3,(H,61,67). The van der Waals surface area contributed by atoms with Crippen molar-refractivity contribution in [3.63, 3.8) is 0 Å². The van der Waals surface area contributed by atoms with E-state index in [4.69, 9.17) is 36.1 Å². The molecule has 356 valence electrons. The Bertz CT molecular complexity index is 2920. The number of ether oxygens (including phenoxy) is 2. The first kappa shape index (κ1) is 46.3. The van der Waals surface area contributed by atoms with Gasteiger partial charge < -0.3 is 24.6 Å². The van der Waals surface area contributed by atoms with E-state index in [0.29, 0.717) is 52.9 Å². The zero-order chi connectivity index (χ0) is 48.0. The lowest BCUT2D eigenvalue weighted by Crippen LogP contribution is -2.74. The van der Waals surface area contributed by atoms with Crippen LogP contribution in [0.4, 0.5) is 5.95 Å². The molecule has 14 nitrogen and oxygen atoms in total. The molecule has 15 heteroatoms. The lowest BCUT2D eigenvalue weighted by Gasteiger charge is -2.63. The molecule has 7 heterocycles. The van der Waals surface area contributed by atoms with Crippen LogP contribution in [0.1, 0.15) is 106 Å². The number of rotatable bonds is 11. The number of anilines is 1. The molecule has 2 amide bonds. The second kappa shape index (κ2) is 18.8. The van der Waals surface area contributed by atoms with Crippen LogP contribution < -0.4 is 15.0 Å². The zero-order valence-electron chi connectivity index (χ0n) is 40.0. The number of fused-ring (bicyclic) bond motifs is 2. The van der Waals surface area contributed by atoms with Crippen molar-refractivity contribution in [3.05, 3.63) is 112 Å². The summed E-state index contributed by atoms with van der Waals surface area (Å²) in [5.74, 6) is 1.67. The van der Waals surface area contributed by atoms with Crippen LogP contribution in [0.2, 0.25) is 5.02 Å². The van der Waals surface area contributed by atoms with Gasteiger partial charge in [-0.15, -0.1) is 0 Å². The molecule has 69 heavy (non-hydrogen) atoms. The van der Waals surface area contributed by atoms with Crippen molar-refractivity contribution in [3.8, 4) is 34.3 Å². The van der Waals surface area contributed by atoms with E-state index in [9.17, 15) is 14.9 Å². The number of hydrogen-bond acceptors (Lipinski definition) is 11. The van der Waals surface area contributed by atoms with Crippen LogP contribution in [-0.2, 0) is 28.9 Å². The average molecular weight is 948 g/mol. The minimum Gasteiger partial charge on any atom is -0.489 e. The van der Waals surface area contributed by atoms with Gasteiger partial charge in [0.25, 0.3) is 5.91 Å². The highest BCUT2D eigenvalue weighted by Crippen LogP contribution is 2.55. The van der Waals surface area contributed by atoms with E-state index >= 15 is 0 Å². The Morgan fingerprint density at radius 1 is 0.913 bits per heavy atom. The summed E-state index contributed by atoms with van der Waals surface area (Å²) < 4.78 is 14.3. The molecular weight excluding hydrogens is 888 g/mol. The summed E-state index contributed by atoms with van der Waals surface area (Å²) in [5.41, 5.74) is 7.33. The Hall–Kier alpha value is -6.43. The van der Waals surface area contributed by atoms with Crippen LogP contribution in [-0.4, -0.2) is 91.4 Å². The van der Waals surface area contributed by atoms with Gasteiger partial charge in [-0.05, 0) is 80.2 Å². The largest absolute Gasteiger partial charge is 0.489 e. The molecule has 3 aliphatic heterocycles. The maximum atomic E-state index is 13.5. The number of pyridine rings is 2. The van der Waals surface area contributed by atoms with Crippen LogP contribution >= 0.6 is 11.6 Å². The van der Waals surface area contributed by atoms with Crippen molar-refractivity contribution in [1.82, 2.24) is 39.9 Å². The molecule has 1 saturated carbocycles. The number of amides is 2. The number of hydrogen-bond donors (Lipinski definition) is 1. The van der Waals surface area contributed by atoms with Crippen LogP contribution in [0, 0.1) is 28.1 Å². The van der Waals surface area contributed by atoms with Crippen molar-refractivity contribution in [2.75, 3.05) is 37.7 Å². The Labute approximate surface area is 408 Å². The first-order chi connectivity index (χ1) is 33.3. The number of nitrogens with one attached hydrogen (secondary N) is 1. The molecule has 4 aliphatic rings. The van der Waals surface area contributed by atoms with Gasteiger partial charge in [0.2, 0.25) is 11.9 Å². The second-order valence-electron chi connectivity index (χ2n) is 20.4. The van der Waals surface area contributed by atoms with Gasteiger partial charge in [-0.1, -0.05) is 57.5 Å². The SMILES string of the molecule is CC(=O)N1CCc2c(c(-c3cccc4cc(-c5ccc(CCC6CCN(c7ncc(C(=O)NC8C(C)(C)C(Oc9ccc(C#N)c(Cl)c9)C8(C)C)cn7)CC6)nc5)ncc34)nn2C2CCOCC2)C1. The topological polar surface area (TPSA) is 164 Å². The number of benzene rings is 2. The van der Waals surface area contributed by atoms with Gasteiger partial charge in [0, 0.05) is 134 Å².